The molecule has 0 saturated carbocycles. The molecule has 0 aliphatic rings. The molecule has 0 spiro atoms. The van der Waals surface area contributed by atoms with Crippen molar-refractivity contribution in [3.63, 3.8) is 0 Å². The van der Waals surface area contributed by atoms with Crippen molar-refractivity contribution in [1.82, 2.24) is 4.98 Å². The third-order valence-electron chi connectivity index (χ3n) is 2.38. The lowest BCUT2D eigenvalue weighted by molar-refractivity contribution is -0.137. The van der Waals surface area contributed by atoms with Crippen molar-refractivity contribution >= 4 is 26.7 Å². The molecule has 0 aliphatic heterocycles. The van der Waals surface area contributed by atoms with Crippen molar-refractivity contribution in [3.05, 3.63) is 23.8 Å². The smallest absolute Gasteiger partial charge is 0.361 e. The Morgan fingerprint density at radius 3 is 2.67 bits per heavy atom. The van der Waals surface area contributed by atoms with Crippen LogP contribution in [0, 0.1) is 5.92 Å². The lowest BCUT2D eigenvalue weighted by Crippen LogP contribution is -2.07. The first-order valence-electron chi connectivity index (χ1n) is 5.58. The molecule has 98 valence electrons. The zero-order valence-electron chi connectivity index (χ0n) is 10.0. The van der Waals surface area contributed by atoms with Crippen LogP contribution in [0.15, 0.2) is 18.2 Å². The van der Waals surface area contributed by atoms with Crippen LogP contribution in [0.1, 0.15) is 19.4 Å². The summed E-state index contributed by atoms with van der Waals surface area (Å²) >= 11 is 1.37. The Kier molecular flexibility index (Phi) is 3.47. The van der Waals surface area contributed by atoms with Crippen LogP contribution in [0.25, 0.3) is 10.2 Å². The van der Waals surface area contributed by atoms with Crippen LogP contribution in [-0.4, -0.2) is 11.5 Å². The molecule has 0 amide bonds. The molecule has 6 heteroatoms. The lowest BCUT2D eigenvalue weighted by Gasteiger charge is -2.05. The molecule has 1 aromatic carbocycles. The summed E-state index contributed by atoms with van der Waals surface area (Å²) in [5.41, 5.74) is -0.267. The van der Waals surface area contributed by atoms with Crippen molar-refractivity contribution in [1.29, 1.82) is 0 Å². The van der Waals surface area contributed by atoms with Crippen LogP contribution in [0.5, 0.6) is 0 Å². The summed E-state index contributed by atoms with van der Waals surface area (Å²) in [4.78, 5) is 4.17. The molecule has 18 heavy (non-hydrogen) atoms. The highest BCUT2D eigenvalue weighted by molar-refractivity contribution is 7.22. The molecule has 0 atom stereocenters. The van der Waals surface area contributed by atoms with Gasteiger partial charge in [-0.15, -0.1) is 0 Å². The van der Waals surface area contributed by atoms with Crippen LogP contribution in [0.3, 0.4) is 0 Å². The lowest BCUT2D eigenvalue weighted by atomic mass is 10.2. The number of benzene rings is 1. The van der Waals surface area contributed by atoms with E-state index in [1.165, 1.54) is 17.4 Å². The molecule has 0 bridgehead atoms. The standard InChI is InChI=1S/C12H13F3N2S/c1-7(2)6-16-11-17-9-5-8(12(13,14)15)3-4-10(9)18-11/h3-5,7H,6H2,1-2H3,(H,16,17). The molecule has 1 N–H and O–H groups in total. The Morgan fingerprint density at radius 2 is 2.06 bits per heavy atom. The second kappa shape index (κ2) is 4.76. The number of hydrogen-bond donors (Lipinski definition) is 1. The van der Waals surface area contributed by atoms with Gasteiger partial charge in [0, 0.05) is 6.54 Å². The van der Waals surface area contributed by atoms with Gasteiger partial charge in [-0.2, -0.15) is 13.2 Å². The van der Waals surface area contributed by atoms with Gasteiger partial charge in [0.2, 0.25) is 0 Å². The summed E-state index contributed by atoms with van der Waals surface area (Å²) in [6.07, 6.45) is -4.32. The Bertz CT molecular complexity index is 546. The minimum absolute atomic E-state index is 0.390. The molecule has 1 heterocycles. The van der Waals surface area contributed by atoms with Gasteiger partial charge in [0.25, 0.3) is 0 Å². The highest BCUT2D eigenvalue weighted by Gasteiger charge is 2.30. The van der Waals surface area contributed by atoms with Gasteiger partial charge in [-0.3, -0.25) is 0 Å². The molecule has 0 saturated heterocycles. The van der Waals surface area contributed by atoms with E-state index in [0.717, 1.165) is 23.4 Å². The number of anilines is 1. The van der Waals surface area contributed by atoms with Gasteiger partial charge < -0.3 is 5.32 Å². The van der Waals surface area contributed by atoms with Crippen LogP contribution in [0.2, 0.25) is 0 Å². The topological polar surface area (TPSA) is 24.9 Å². The number of fused-ring (bicyclic) bond motifs is 1. The van der Waals surface area contributed by atoms with E-state index >= 15 is 0 Å². The molecule has 0 unspecified atom stereocenters. The predicted molar refractivity (Wildman–Crippen MR) is 67.9 cm³/mol. The zero-order chi connectivity index (χ0) is 13.3. The van der Waals surface area contributed by atoms with E-state index in [9.17, 15) is 13.2 Å². The first kappa shape index (κ1) is 13.1. The van der Waals surface area contributed by atoms with Gasteiger partial charge in [-0.1, -0.05) is 25.2 Å². The largest absolute Gasteiger partial charge is 0.416 e. The minimum Gasteiger partial charge on any atom is -0.361 e. The van der Waals surface area contributed by atoms with Crippen molar-refractivity contribution in [2.75, 3.05) is 11.9 Å². The van der Waals surface area contributed by atoms with Gasteiger partial charge in [0.15, 0.2) is 5.13 Å². The Labute approximate surface area is 107 Å². The number of hydrogen-bond acceptors (Lipinski definition) is 3. The van der Waals surface area contributed by atoms with E-state index in [-0.39, 0.29) is 0 Å². The van der Waals surface area contributed by atoms with Gasteiger partial charge >= 0.3 is 6.18 Å². The summed E-state index contributed by atoms with van der Waals surface area (Å²) in [5.74, 6) is 0.461. The molecule has 0 fully saturated rings. The Hall–Kier alpha value is -1.30. The predicted octanol–water partition coefficient (Wildman–Crippen LogP) is 4.38. The maximum absolute atomic E-state index is 12.5. The number of alkyl halides is 3. The fraction of sp³-hybridized carbons (Fsp3) is 0.417. The molecule has 2 aromatic rings. The summed E-state index contributed by atoms with van der Waals surface area (Å²) in [6.45, 7) is 4.87. The normalized spacial score (nSPS) is 12.3. The fourth-order valence-corrected chi connectivity index (χ4v) is 2.32. The van der Waals surface area contributed by atoms with Crippen molar-refractivity contribution < 1.29 is 13.2 Å². The van der Waals surface area contributed by atoms with Crippen LogP contribution in [-0.2, 0) is 6.18 Å². The number of halogens is 3. The van der Waals surface area contributed by atoms with E-state index in [1.807, 2.05) is 0 Å². The molecule has 1 aromatic heterocycles. The summed E-state index contributed by atoms with van der Waals surface area (Å²) in [7, 11) is 0. The Balaban J connectivity index is 2.28. The zero-order valence-corrected chi connectivity index (χ0v) is 10.8. The maximum atomic E-state index is 12.5. The van der Waals surface area contributed by atoms with Crippen molar-refractivity contribution in [2.45, 2.75) is 20.0 Å². The number of rotatable bonds is 3. The van der Waals surface area contributed by atoms with Crippen LogP contribution >= 0.6 is 11.3 Å². The summed E-state index contributed by atoms with van der Waals surface area (Å²) < 4.78 is 38.4. The van der Waals surface area contributed by atoms with Crippen molar-refractivity contribution in [2.24, 2.45) is 5.92 Å². The monoisotopic (exact) mass is 274 g/mol. The number of nitrogens with zero attached hydrogens (tertiary/aromatic N) is 1. The second-order valence-electron chi connectivity index (χ2n) is 4.47. The van der Waals surface area contributed by atoms with Crippen LogP contribution < -0.4 is 5.32 Å². The van der Waals surface area contributed by atoms with Crippen molar-refractivity contribution in [3.8, 4) is 0 Å². The third-order valence-corrected chi connectivity index (χ3v) is 3.37. The minimum atomic E-state index is -4.32. The van der Waals surface area contributed by atoms with Gasteiger partial charge in [-0.25, -0.2) is 4.98 Å². The van der Waals surface area contributed by atoms with E-state index in [0.29, 0.717) is 16.6 Å². The number of nitrogens with one attached hydrogen (secondary N) is 1. The molecule has 0 radical (unpaired) electrons. The highest BCUT2D eigenvalue weighted by Crippen LogP contribution is 2.33. The highest BCUT2D eigenvalue weighted by atomic mass is 32.1. The average molecular weight is 274 g/mol. The maximum Gasteiger partial charge on any atom is 0.416 e. The van der Waals surface area contributed by atoms with E-state index in [1.54, 1.807) is 0 Å². The van der Waals surface area contributed by atoms with Gasteiger partial charge in [-0.05, 0) is 24.1 Å². The van der Waals surface area contributed by atoms with E-state index in [2.05, 4.69) is 24.1 Å². The average Bonchev–Trinajstić information content (AvgIpc) is 2.66. The molecular formula is C12H13F3N2S. The summed E-state index contributed by atoms with van der Waals surface area (Å²) in [5, 5.41) is 3.78. The Morgan fingerprint density at radius 1 is 1.33 bits per heavy atom. The SMILES string of the molecule is CC(C)CNc1nc2cc(C(F)(F)F)ccc2s1. The van der Waals surface area contributed by atoms with Gasteiger partial charge in [0.05, 0.1) is 15.8 Å². The first-order chi connectivity index (χ1) is 8.36. The molecular weight excluding hydrogens is 261 g/mol. The van der Waals surface area contributed by atoms with E-state index in [4.69, 9.17) is 0 Å². The second-order valence-corrected chi connectivity index (χ2v) is 5.50. The molecule has 2 nitrogen and oxygen atoms in total. The third kappa shape index (κ3) is 2.93. The first-order valence-corrected chi connectivity index (χ1v) is 6.39. The number of thiazole rings is 1. The molecule has 0 aliphatic carbocycles. The molecule has 2 rings (SSSR count). The fourth-order valence-electron chi connectivity index (χ4n) is 1.47. The number of aromatic nitrogens is 1. The summed E-state index contributed by atoms with van der Waals surface area (Å²) in [6, 6.07) is 3.65. The van der Waals surface area contributed by atoms with Gasteiger partial charge in [0.1, 0.15) is 0 Å². The van der Waals surface area contributed by atoms with E-state index < -0.39 is 11.7 Å². The quantitative estimate of drug-likeness (QED) is 0.898. The van der Waals surface area contributed by atoms with Crippen LogP contribution in [0.4, 0.5) is 18.3 Å².